The summed E-state index contributed by atoms with van der Waals surface area (Å²) < 4.78 is 0. The quantitative estimate of drug-likeness (QED) is 0.642. The molecule has 1 amide bonds. The van der Waals surface area contributed by atoms with E-state index in [0.29, 0.717) is 10.7 Å². The van der Waals surface area contributed by atoms with E-state index in [9.17, 15) is 4.79 Å². The molecule has 1 N–H and O–H groups in total. The van der Waals surface area contributed by atoms with Crippen molar-refractivity contribution in [1.29, 1.82) is 0 Å². The van der Waals surface area contributed by atoms with Crippen molar-refractivity contribution < 1.29 is 4.79 Å². The van der Waals surface area contributed by atoms with E-state index in [1.54, 1.807) is 6.07 Å². The van der Waals surface area contributed by atoms with E-state index >= 15 is 0 Å². The van der Waals surface area contributed by atoms with Crippen molar-refractivity contribution in [1.82, 2.24) is 4.98 Å². The summed E-state index contributed by atoms with van der Waals surface area (Å²) in [6.07, 6.45) is 7.47. The van der Waals surface area contributed by atoms with Gasteiger partial charge in [0.05, 0.1) is 10.7 Å². The van der Waals surface area contributed by atoms with Gasteiger partial charge in [-0.1, -0.05) is 43.7 Å². The second kappa shape index (κ2) is 8.63. The van der Waals surface area contributed by atoms with Crippen molar-refractivity contribution in [3.05, 3.63) is 65.5 Å². The van der Waals surface area contributed by atoms with Gasteiger partial charge in [-0.15, -0.1) is 0 Å². The summed E-state index contributed by atoms with van der Waals surface area (Å²) in [7, 11) is 0. The zero-order valence-corrected chi connectivity index (χ0v) is 15.7. The fourth-order valence-corrected chi connectivity index (χ4v) is 2.71. The average molecular weight is 355 g/mol. The Morgan fingerprint density at radius 3 is 2.76 bits per heavy atom. The first-order valence-corrected chi connectivity index (χ1v) is 8.71. The minimum absolute atomic E-state index is 0.292. The highest BCUT2D eigenvalue weighted by Crippen LogP contribution is 2.30. The SMILES string of the molecule is C=CC(=O)Nc1cc(-c2cnc(C)c(/C(C)=C\CCC)c2)ccc1Cl. The Bertz CT molecular complexity index is 825. The number of unbranched alkanes of at least 4 members (excludes halogenated alkanes) is 1. The van der Waals surface area contributed by atoms with Crippen LogP contribution in [0.2, 0.25) is 5.02 Å². The lowest BCUT2D eigenvalue weighted by Gasteiger charge is -2.11. The molecule has 0 atom stereocenters. The first-order valence-electron chi connectivity index (χ1n) is 8.33. The van der Waals surface area contributed by atoms with Gasteiger partial charge < -0.3 is 5.32 Å². The minimum atomic E-state index is -0.292. The molecule has 0 aliphatic heterocycles. The molecule has 130 valence electrons. The number of aryl methyl sites for hydroxylation is 1. The molecule has 1 aromatic carbocycles. The summed E-state index contributed by atoms with van der Waals surface area (Å²) in [5, 5.41) is 3.21. The molecule has 0 radical (unpaired) electrons. The van der Waals surface area contributed by atoms with E-state index in [-0.39, 0.29) is 5.91 Å². The maximum Gasteiger partial charge on any atom is 0.247 e. The van der Waals surface area contributed by atoms with E-state index in [0.717, 1.165) is 35.2 Å². The second-order valence-corrected chi connectivity index (χ2v) is 6.33. The predicted octanol–water partition coefficient (Wildman–Crippen LogP) is 6.04. The van der Waals surface area contributed by atoms with Crippen LogP contribution in [-0.2, 0) is 4.79 Å². The van der Waals surface area contributed by atoms with Crippen LogP contribution in [-0.4, -0.2) is 10.9 Å². The number of allylic oxidation sites excluding steroid dienone is 2. The van der Waals surface area contributed by atoms with Gasteiger partial charge >= 0.3 is 0 Å². The van der Waals surface area contributed by atoms with Crippen LogP contribution >= 0.6 is 11.6 Å². The number of pyridine rings is 1. The highest BCUT2D eigenvalue weighted by molar-refractivity contribution is 6.34. The first-order chi connectivity index (χ1) is 12.0. The van der Waals surface area contributed by atoms with Crippen LogP contribution in [0.5, 0.6) is 0 Å². The fourth-order valence-electron chi connectivity index (χ4n) is 2.55. The summed E-state index contributed by atoms with van der Waals surface area (Å²) in [4.78, 5) is 16.1. The fraction of sp³-hybridized carbons (Fsp3) is 0.238. The van der Waals surface area contributed by atoms with Crippen LogP contribution in [0.4, 0.5) is 5.69 Å². The Kier molecular flexibility index (Phi) is 6.54. The van der Waals surface area contributed by atoms with Crippen LogP contribution in [0.1, 0.15) is 37.9 Å². The smallest absolute Gasteiger partial charge is 0.247 e. The zero-order valence-electron chi connectivity index (χ0n) is 14.9. The van der Waals surface area contributed by atoms with Gasteiger partial charge in [-0.2, -0.15) is 0 Å². The summed E-state index contributed by atoms with van der Waals surface area (Å²) in [6.45, 7) is 9.75. The first kappa shape index (κ1) is 18.9. The molecule has 25 heavy (non-hydrogen) atoms. The van der Waals surface area contributed by atoms with Gasteiger partial charge in [-0.05, 0) is 61.2 Å². The third-order valence-corrected chi connectivity index (χ3v) is 4.32. The summed E-state index contributed by atoms with van der Waals surface area (Å²) in [6, 6.07) is 7.68. The Labute approximate surface area is 154 Å². The summed E-state index contributed by atoms with van der Waals surface area (Å²) in [5.74, 6) is -0.292. The van der Waals surface area contributed by atoms with Gasteiger partial charge in [0.25, 0.3) is 0 Å². The molecule has 0 aliphatic rings. The number of benzene rings is 1. The summed E-state index contributed by atoms with van der Waals surface area (Å²) >= 11 is 6.18. The number of carbonyl (C=O) groups excluding carboxylic acids is 1. The summed E-state index contributed by atoms with van der Waals surface area (Å²) in [5.41, 5.74) is 5.85. The van der Waals surface area contributed by atoms with Crippen molar-refractivity contribution >= 4 is 28.8 Å². The molecule has 4 heteroatoms. The number of hydrogen-bond donors (Lipinski definition) is 1. The van der Waals surface area contributed by atoms with E-state index in [1.165, 1.54) is 11.6 Å². The molecule has 0 spiro atoms. The molecule has 2 rings (SSSR count). The number of carbonyl (C=O) groups is 1. The molecule has 1 heterocycles. The van der Waals surface area contributed by atoms with Crippen molar-refractivity contribution in [2.24, 2.45) is 0 Å². The van der Waals surface area contributed by atoms with Gasteiger partial charge in [0.2, 0.25) is 5.91 Å². The van der Waals surface area contributed by atoms with Gasteiger partial charge in [-0.25, -0.2) is 0 Å². The van der Waals surface area contributed by atoms with Crippen LogP contribution in [0.25, 0.3) is 16.7 Å². The van der Waals surface area contributed by atoms with Crippen LogP contribution < -0.4 is 5.32 Å². The number of aromatic nitrogens is 1. The predicted molar refractivity (Wildman–Crippen MR) is 107 cm³/mol. The molecule has 2 aromatic rings. The van der Waals surface area contributed by atoms with Crippen molar-refractivity contribution in [3.8, 4) is 11.1 Å². The minimum Gasteiger partial charge on any atom is -0.321 e. The zero-order chi connectivity index (χ0) is 18.4. The van der Waals surface area contributed by atoms with E-state index in [4.69, 9.17) is 11.6 Å². The van der Waals surface area contributed by atoms with Crippen LogP contribution in [0, 0.1) is 6.92 Å². The topological polar surface area (TPSA) is 42.0 Å². The molecule has 0 aliphatic carbocycles. The highest BCUT2D eigenvalue weighted by atomic mass is 35.5. The Balaban J connectivity index is 2.43. The van der Waals surface area contributed by atoms with Gasteiger partial charge in [0, 0.05) is 17.5 Å². The number of amides is 1. The number of nitrogens with zero attached hydrogens (tertiary/aromatic N) is 1. The Morgan fingerprint density at radius 1 is 1.32 bits per heavy atom. The van der Waals surface area contributed by atoms with Gasteiger partial charge in [0.1, 0.15) is 0 Å². The third-order valence-electron chi connectivity index (χ3n) is 3.99. The number of hydrogen-bond acceptors (Lipinski definition) is 2. The van der Waals surface area contributed by atoms with Crippen molar-refractivity contribution in [2.45, 2.75) is 33.6 Å². The van der Waals surface area contributed by atoms with Crippen LogP contribution in [0.15, 0.2) is 49.2 Å². The van der Waals surface area contributed by atoms with E-state index in [1.807, 2.05) is 25.3 Å². The molecule has 3 nitrogen and oxygen atoms in total. The van der Waals surface area contributed by atoms with E-state index in [2.05, 4.69) is 42.9 Å². The molecule has 0 unspecified atom stereocenters. The average Bonchev–Trinajstić information content (AvgIpc) is 2.61. The highest BCUT2D eigenvalue weighted by Gasteiger charge is 2.09. The van der Waals surface area contributed by atoms with E-state index < -0.39 is 0 Å². The maximum atomic E-state index is 11.6. The van der Waals surface area contributed by atoms with Crippen molar-refractivity contribution in [2.75, 3.05) is 5.32 Å². The number of halogens is 1. The third kappa shape index (κ3) is 4.80. The molecule has 1 aromatic heterocycles. The van der Waals surface area contributed by atoms with Crippen molar-refractivity contribution in [3.63, 3.8) is 0 Å². The lowest BCUT2D eigenvalue weighted by molar-refractivity contribution is -0.111. The standard InChI is InChI=1S/C21H23ClN2O/c1-5-7-8-14(3)18-11-17(13-23-15(18)4)16-9-10-19(22)20(12-16)24-21(25)6-2/h6,8-13H,2,5,7H2,1,3-4H3,(H,24,25)/b14-8-. The van der Waals surface area contributed by atoms with Gasteiger partial charge in [0.15, 0.2) is 0 Å². The molecule has 0 saturated heterocycles. The Morgan fingerprint density at radius 2 is 2.08 bits per heavy atom. The van der Waals surface area contributed by atoms with Gasteiger partial charge in [-0.3, -0.25) is 9.78 Å². The number of nitrogens with one attached hydrogen (secondary N) is 1. The number of rotatable bonds is 6. The maximum absolute atomic E-state index is 11.6. The largest absolute Gasteiger partial charge is 0.321 e. The lowest BCUT2D eigenvalue weighted by Crippen LogP contribution is -2.07. The Hall–Kier alpha value is -2.39. The molecule has 0 saturated carbocycles. The van der Waals surface area contributed by atoms with Crippen LogP contribution in [0.3, 0.4) is 0 Å². The molecule has 0 bridgehead atoms. The lowest BCUT2D eigenvalue weighted by atomic mass is 9.99. The molecule has 0 fully saturated rings. The normalized spacial score (nSPS) is 11.3. The molecular formula is C21H23ClN2O. The monoisotopic (exact) mass is 354 g/mol. The molecular weight excluding hydrogens is 332 g/mol. The second-order valence-electron chi connectivity index (χ2n) is 5.92. The number of anilines is 1.